The number of hydrogen-bond acceptors (Lipinski definition) is 3. The minimum atomic E-state index is -0.998. The third kappa shape index (κ3) is 3.98. The zero-order valence-corrected chi connectivity index (χ0v) is 14.1. The number of carbonyl (C=O) groups is 2. The Morgan fingerprint density at radius 1 is 0.760 bits per heavy atom. The second-order valence-corrected chi connectivity index (χ2v) is 6.59. The van der Waals surface area contributed by atoms with Crippen molar-refractivity contribution >= 4 is 23.5 Å². The number of rotatable bonds is 6. The quantitative estimate of drug-likeness (QED) is 0.497. The molecule has 1 N–H and O–H groups in total. The number of aromatic carboxylic acids is 1. The van der Waals surface area contributed by atoms with Gasteiger partial charge in [-0.25, -0.2) is 4.79 Å². The summed E-state index contributed by atoms with van der Waals surface area (Å²) in [5.74, 6) is -1.04. The maximum absolute atomic E-state index is 13.1. The maximum atomic E-state index is 13.1. The topological polar surface area (TPSA) is 54.4 Å². The molecule has 1 atom stereocenters. The molecule has 0 radical (unpaired) electrons. The number of benzene rings is 3. The number of ketones is 1. The third-order valence-corrected chi connectivity index (χ3v) is 5.09. The Bertz CT molecular complexity index is 876. The summed E-state index contributed by atoms with van der Waals surface area (Å²) in [6.45, 7) is 0. The van der Waals surface area contributed by atoms with E-state index >= 15 is 0 Å². The molecule has 0 fully saturated rings. The van der Waals surface area contributed by atoms with E-state index in [2.05, 4.69) is 0 Å². The van der Waals surface area contributed by atoms with Crippen LogP contribution in [0.5, 0.6) is 0 Å². The fraction of sp³-hybridized carbons (Fsp3) is 0.0476. The van der Waals surface area contributed by atoms with Crippen LogP contribution in [0.4, 0.5) is 0 Å². The van der Waals surface area contributed by atoms with E-state index in [0.717, 1.165) is 5.56 Å². The molecule has 124 valence electrons. The van der Waals surface area contributed by atoms with Crippen molar-refractivity contribution in [3.8, 4) is 0 Å². The molecule has 0 aromatic heterocycles. The highest BCUT2D eigenvalue weighted by Crippen LogP contribution is 2.39. The summed E-state index contributed by atoms with van der Waals surface area (Å²) in [7, 11) is 0. The monoisotopic (exact) mass is 348 g/mol. The van der Waals surface area contributed by atoms with Crippen molar-refractivity contribution in [3.05, 3.63) is 102 Å². The molecule has 3 aromatic rings. The predicted molar refractivity (Wildman–Crippen MR) is 99.2 cm³/mol. The van der Waals surface area contributed by atoms with Crippen molar-refractivity contribution < 1.29 is 14.7 Å². The van der Waals surface area contributed by atoms with E-state index in [1.807, 2.05) is 48.5 Å². The fourth-order valence-electron chi connectivity index (χ4n) is 2.53. The highest BCUT2D eigenvalue weighted by Gasteiger charge is 2.25. The number of carbonyl (C=O) groups excluding carboxylic acids is 1. The first kappa shape index (κ1) is 17.0. The average molecular weight is 348 g/mol. The molecule has 0 spiro atoms. The van der Waals surface area contributed by atoms with E-state index in [9.17, 15) is 14.7 Å². The van der Waals surface area contributed by atoms with Crippen molar-refractivity contribution in [3.63, 3.8) is 0 Å². The van der Waals surface area contributed by atoms with E-state index in [-0.39, 0.29) is 11.3 Å². The Kier molecular flexibility index (Phi) is 5.31. The van der Waals surface area contributed by atoms with Crippen molar-refractivity contribution in [1.29, 1.82) is 0 Å². The Labute approximate surface area is 150 Å². The predicted octanol–water partition coefficient (Wildman–Crippen LogP) is 5.10. The number of carboxylic acids is 1. The lowest BCUT2D eigenvalue weighted by Gasteiger charge is -2.17. The van der Waals surface area contributed by atoms with E-state index in [1.165, 1.54) is 11.8 Å². The first-order valence-electron chi connectivity index (χ1n) is 7.80. The van der Waals surface area contributed by atoms with Crippen molar-refractivity contribution in [2.45, 2.75) is 10.1 Å². The van der Waals surface area contributed by atoms with E-state index in [4.69, 9.17) is 0 Å². The molecular weight excluding hydrogens is 332 g/mol. The Balaban J connectivity index is 2.01. The second kappa shape index (κ2) is 7.81. The van der Waals surface area contributed by atoms with Gasteiger partial charge in [-0.3, -0.25) is 4.79 Å². The molecular formula is C21H16O3S. The van der Waals surface area contributed by atoms with Crippen LogP contribution in [0.3, 0.4) is 0 Å². The Morgan fingerprint density at radius 3 is 1.96 bits per heavy atom. The van der Waals surface area contributed by atoms with Crippen LogP contribution < -0.4 is 0 Å². The van der Waals surface area contributed by atoms with Crippen LogP contribution in [0.1, 0.15) is 31.5 Å². The molecule has 3 rings (SSSR count). The minimum absolute atomic E-state index is 0.0445. The molecule has 4 heteroatoms. The minimum Gasteiger partial charge on any atom is -0.478 e. The van der Waals surface area contributed by atoms with Gasteiger partial charge in [-0.1, -0.05) is 72.8 Å². The van der Waals surface area contributed by atoms with Crippen molar-refractivity contribution in [2.24, 2.45) is 0 Å². The van der Waals surface area contributed by atoms with Gasteiger partial charge in [0.1, 0.15) is 0 Å². The summed E-state index contributed by atoms with van der Waals surface area (Å²) in [5.41, 5.74) is 1.66. The van der Waals surface area contributed by atoms with Gasteiger partial charge in [0.25, 0.3) is 0 Å². The first-order chi connectivity index (χ1) is 12.2. The zero-order valence-electron chi connectivity index (χ0n) is 13.3. The molecule has 25 heavy (non-hydrogen) atoms. The zero-order chi connectivity index (χ0) is 17.6. The fourth-order valence-corrected chi connectivity index (χ4v) is 3.76. The summed E-state index contributed by atoms with van der Waals surface area (Å²) < 4.78 is 0. The maximum Gasteiger partial charge on any atom is 0.336 e. The molecule has 3 aromatic carbocycles. The van der Waals surface area contributed by atoms with Crippen LogP contribution in [0, 0.1) is 0 Å². The highest BCUT2D eigenvalue weighted by atomic mass is 32.2. The summed E-state index contributed by atoms with van der Waals surface area (Å²) >= 11 is 1.27. The standard InChI is InChI=1S/C21H16O3S/c22-19(15-9-3-1-4-10-15)20(16-11-5-2-6-12-16)25-18-14-8-7-13-17(18)21(23)24/h1-14,20H,(H,23,24)/t20-/m1/s1. The molecule has 0 aliphatic heterocycles. The van der Waals surface area contributed by atoms with Crippen LogP contribution in [0.25, 0.3) is 0 Å². The van der Waals surface area contributed by atoms with Gasteiger partial charge in [-0.2, -0.15) is 0 Å². The number of Topliss-reactive ketones (excluding diaryl/α,β-unsaturated/α-hetero) is 1. The van der Waals surface area contributed by atoms with Gasteiger partial charge in [-0.15, -0.1) is 11.8 Å². The smallest absolute Gasteiger partial charge is 0.336 e. The lowest BCUT2D eigenvalue weighted by atomic mass is 10.0. The van der Waals surface area contributed by atoms with Gasteiger partial charge in [0.05, 0.1) is 10.8 Å². The molecule has 0 aliphatic rings. The van der Waals surface area contributed by atoms with Crippen LogP contribution in [0.15, 0.2) is 89.8 Å². The molecule has 0 saturated heterocycles. The van der Waals surface area contributed by atoms with Gasteiger partial charge >= 0.3 is 5.97 Å². The molecule has 0 unspecified atom stereocenters. The number of thioether (sulfide) groups is 1. The van der Waals surface area contributed by atoms with Crippen LogP contribution in [-0.4, -0.2) is 16.9 Å². The van der Waals surface area contributed by atoms with E-state index < -0.39 is 11.2 Å². The number of hydrogen-bond donors (Lipinski definition) is 1. The highest BCUT2D eigenvalue weighted by molar-refractivity contribution is 8.00. The summed E-state index contributed by atoms with van der Waals surface area (Å²) in [5, 5.41) is 8.90. The van der Waals surface area contributed by atoms with Crippen LogP contribution >= 0.6 is 11.8 Å². The van der Waals surface area contributed by atoms with Gasteiger partial charge in [-0.05, 0) is 17.7 Å². The molecule has 0 bridgehead atoms. The van der Waals surface area contributed by atoms with Gasteiger partial charge in [0, 0.05) is 10.5 Å². The van der Waals surface area contributed by atoms with Gasteiger partial charge in [0.15, 0.2) is 5.78 Å². The first-order valence-corrected chi connectivity index (χ1v) is 8.68. The van der Waals surface area contributed by atoms with Crippen LogP contribution in [-0.2, 0) is 0 Å². The third-order valence-electron chi connectivity index (χ3n) is 3.76. The van der Waals surface area contributed by atoms with Crippen LogP contribution in [0.2, 0.25) is 0 Å². The van der Waals surface area contributed by atoms with Gasteiger partial charge in [0.2, 0.25) is 0 Å². The normalized spacial score (nSPS) is 11.7. The van der Waals surface area contributed by atoms with Gasteiger partial charge < -0.3 is 5.11 Å². The molecule has 0 aliphatic carbocycles. The summed E-state index contributed by atoms with van der Waals surface area (Å²) in [6.07, 6.45) is 0. The molecule has 0 heterocycles. The number of carboxylic acid groups (broad SMARTS) is 1. The van der Waals surface area contributed by atoms with E-state index in [1.54, 1.807) is 36.4 Å². The van der Waals surface area contributed by atoms with Crippen molar-refractivity contribution in [1.82, 2.24) is 0 Å². The largest absolute Gasteiger partial charge is 0.478 e. The lowest BCUT2D eigenvalue weighted by Crippen LogP contribution is -2.11. The Hall–Kier alpha value is -2.85. The summed E-state index contributed by atoms with van der Waals surface area (Å²) in [6, 6.07) is 25.3. The van der Waals surface area contributed by atoms with Crippen molar-refractivity contribution in [2.75, 3.05) is 0 Å². The SMILES string of the molecule is O=C(O)c1ccccc1S[C@@H](C(=O)c1ccccc1)c1ccccc1. The average Bonchev–Trinajstić information content (AvgIpc) is 2.67. The molecule has 3 nitrogen and oxygen atoms in total. The summed E-state index contributed by atoms with van der Waals surface area (Å²) in [4.78, 5) is 25.1. The second-order valence-electron chi connectivity index (χ2n) is 5.44. The molecule has 0 amide bonds. The lowest BCUT2D eigenvalue weighted by molar-refractivity contribution is 0.0692. The Morgan fingerprint density at radius 2 is 1.32 bits per heavy atom. The molecule has 0 saturated carbocycles. The van der Waals surface area contributed by atoms with E-state index in [0.29, 0.717) is 10.5 Å².